The third-order valence-corrected chi connectivity index (χ3v) is 4.45. The maximum Gasteiger partial charge on any atom is 0.307 e. The van der Waals surface area contributed by atoms with Gasteiger partial charge in [0.05, 0.1) is 19.6 Å². The van der Waals surface area contributed by atoms with Crippen LogP contribution in [-0.4, -0.2) is 19.0 Å². The van der Waals surface area contributed by atoms with Gasteiger partial charge in [-0.25, -0.2) is 0 Å². The Balaban J connectivity index is 1.59. The Morgan fingerprint density at radius 3 is 2.32 bits per heavy atom. The second-order valence-corrected chi connectivity index (χ2v) is 6.44. The van der Waals surface area contributed by atoms with E-state index in [4.69, 9.17) is 9.15 Å². The smallest absolute Gasteiger partial charge is 0.307 e. The zero-order chi connectivity index (χ0) is 19.8. The number of rotatable bonds is 8. The summed E-state index contributed by atoms with van der Waals surface area (Å²) in [6.07, 6.45) is 0.843. The molecule has 0 aliphatic heterocycles. The van der Waals surface area contributed by atoms with Crippen LogP contribution in [0.25, 0.3) is 11.3 Å². The van der Waals surface area contributed by atoms with Crippen LogP contribution in [0.4, 0.5) is 0 Å². The predicted molar refractivity (Wildman–Crippen MR) is 106 cm³/mol. The molecule has 1 amide bonds. The number of hydrogen-bond donors (Lipinski definition) is 1. The molecule has 1 atom stereocenters. The van der Waals surface area contributed by atoms with E-state index in [0.717, 1.165) is 22.6 Å². The number of carbonyl (C=O) groups excluding carboxylic acids is 2. The molecule has 0 saturated carbocycles. The summed E-state index contributed by atoms with van der Waals surface area (Å²) in [5, 5.41) is 2.93. The highest BCUT2D eigenvalue weighted by Gasteiger charge is 2.19. The van der Waals surface area contributed by atoms with Crippen molar-refractivity contribution in [1.82, 2.24) is 5.32 Å². The summed E-state index contributed by atoms with van der Waals surface area (Å²) in [5.41, 5.74) is 1.87. The Morgan fingerprint density at radius 2 is 1.64 bits per heavy atom. The van der Waals surface area contributed by atoms with Crippen LogP contribution in [0, 0.1) is 0 Å². The van der Waals surface area contributed by atoms with E-state index >= 15 is 0 Å². The van der Waals surface area contributed by atoms with Crippen LogP contribution in [0.15, 0.2) is 77.2 Å². The van der Waals surface area contributed by atoms with Crippen molar-refractivity contribution in [2.45, 2.75) is 25.3 Å². The quantitative estimate of drug-likeness (QED) is 0.594. The summed E-state index contributed by atoms with van der Waals surface area (Å²) in [7, 11) is 1.34. The molecule has 1 aromatic heterocycles. The van der Waals surface area contributed by atoms with E-state index in [1.807, 2.05) is 72.8 Å². The molecule has 3 rings (SSSR count). The van der Waals surface area contributed by atoms with Crippen molar-refractivity contribution in [1.29, 1.82) is 0 Å². The first kappa shape index (κ1) is 19.4. The number of carbonyl (C=O) groups is 2. The number of amides is 1. The zero-order valence-corrected chi connectivity index (χ0v) is 15.8. The average molecular weight is 377 g/mol. The van der Waals surface area contributed by atoms with Crippen LogP contribution in [-0.2, 0) is 20.7 Å². The normalized spacial score (nSPS) is 11.6. The fraction of sp³-hybridized carbons (Fsp3) is 0.217. The molecule has 0 spiro atoms. The van der Waals surface area contributed by atoms with E-state index in [9.17, 15) is 9.59 Å². The van der Waals surface area contributed by atoms with Crippen LogP contribution >= 0.6 is 0 Å². The number of hydrogen-bond acceptors (Lipinski definition) is 4. The van der Waals surface area contributed by atoms with E-state index in [-0.39, 0.29) is 24.7 Å². The van der Waals surface area contributed by atoms with Gasteiger partial charge in [0.1, 0.15) is 11.5 Å². The lowest BCUT2D eigenvalue weighted by Crippen LogP contribution is -2.30. The molecule has 5 heteroatoms. The number of aryl methyl sites for hydroxylation is 1. The Bertz CT molecular complexity index is 903. The van der Waals surface area contributed by atoms with Crippen LogP contribution in [0.2, 0.25) is 0 Å². The van der Waals surface area contributed by atoms with Gasteiger partial charge < -0.3 is 14.5 Å². The molecule has 0 aliphatic carbocycles. The Kier molecular flexibility index (Phi) is 6.63. The molecule has 1 heterocycles. The lowest BCUT2D eigenvalue weighted by atomic mass is 10.0. The summed E-state index contributed by atoms with van der Waals surface area (Å²) in [6.45, 7) is 0. The number of ether oxygens (including phenoxy) is 1. The van der Waals surface area contributed by atoms with E-state index in [2.05, 4.69) is 5.32 Å². The van der Waals surface area contributed by atoms with Crippen LogP contribution < -0.4 is 5.32 Å². The first-order valence-electron chi connectivity index (χ1n) is 9.21. The molecule has 2 aromatic carbocycles. The van der Waals surface area contributed by atoms with Crippen molar-refractivity contribution in [3.05, 3.63) is 84.1 Å². The average Bonchev–Trinajstić information content (AvgIpc) is 3.22. The number of methoxy groups -OCH3 is 1. The molecule has 5 nitrogen and oxygen atoms in total. The van der Waals surface area contributed by atoms with Crippen LogP contribution in [0.5, 0.6) is 0 Å². The lowest BCUT2D eigenvalue weighted by molar-refractivity contribution is -0.141. The highest BCUT2D eigenvalue weighted by atomic mass is 16.5. The molecule has 0 aliphatic rings. The van der Waals surface area contributed by atoms with Crippen molar-refractivity contribution in [3.63, 3.8) is 0 Å². The number of furan rings is 1. The van der Waals surface area contributed by atoms with Gasteiger partial charge in [-0.05, 0) is 17.7 Å². The van der Waals surface area contributed by atoms with Gasteiger partial charge >= 0.3 is 5.97 Å². The van der Waals surface area contributed by atoms with Gasteiger partial charge in [0.25, 0.3) is 0 Å². The minimum atomic E-state index is -0.419. The molecule has 28 heavy (non-hydrogen) atoms. The summed E-state index contributed by atoms with van der Waals surface area (Å²) in [6, 6.07) is 22.6. The summed E-state index contributed by atoms with van der Waals surface area (Å²) in [5.74, 6) is 1.02. The molecule has 0 bridgehead atoms. The SMILES string of the molecule is COC(=O)CC(NC(=O)CCc1ccc(-c2ccccc2)o1)c1ccccc1. The highest BCUT2D eigenvalue weighted by molar-refractivity contribution is 5.78. The van der Waals surface area contributed by atoms with Crippen molar-refractivity contribution in [2.24, 2.45) is 0 Å². The first-order chi connectivity index (χ1) is 13.7. The van der Waals surface area contributed by atoms with E-state index in [1.54, 1.807) is 0 Å². The van der Waals surface area contributed by atoms with Gasteiger partial charge in [0.2, 0.25) is 5.91 Å². The second kappa shape index (κ2) is 9.55. The summed E-state index contributed by atoms with van der Waals surface area (Å²) < 4.78 is 10.6. The standard InChI is InChI=1S/C23H23NO4/c1-27-23(26)16-20(17-8-4-2-5-9-17)24-22(25)15-13-19-12-14-21(28-19)18-10-6-3-7-11-18/h2-12,14,20H,13,15-16H2,1H3,(H,24,25). The van der Waals surface area contributed by atoms with Gasteiger partial charge in [-0.15, -0.1) is 0 Å². The number of esters is 1. The van der Waals surface area contributed by atoms with Crippen molar-refractivity contribution in [2.75, 3.05) is 7.11 Å². The van der Waals surface area contributed by atoms with Crippen molar-refractivity contribution in [3.8, 4) is 11.3 Å². The Hall–Kier alpha value is -3.34. The van der Waals surface area contributed by atoms with E-state index < -0.39 is 6.04 Å². The van der Waals surface area contributed by atoms with Gasteiger partial charge in [0.15, 0.2) is 0 Å². The monoisotopic (exact) mass is 377 g/mol. The fourth-order valence-electron chi connectivity index (χ4n) is 2.96. The molecule has 3 aromatic rings. The predicted octanol–water partition coefficient (Wildman–Crippen LogP) is 4.30. The van der Waals surface area contributed by atoms with Crippen molar-refractivity contribution >= 4 is 11.9 Å². The van der Waals surface area contributed by atoms with Crippen molar-refractivity contribution < 1.29 is 18.7 Å². The molecule has 0 fully saturated rings. The molecule has 1 N–H and O–H groups in total. The van der Waals surface area contributed by atoms with Gasteiger partial charge in [-0.1, -0.05) is 60.7 Å². The van der Waals surface area contributed by atoms with Gasteiger partial charge in [-0.3, -0.25) is 9.59 Å². The van der Waals surface area contributed by atoms with E-state index in [1.165, 1.54) is 7.11 Å². The zero-order valence-electron chi connectivity index (χ0n) is 15.8. The minimum absolute atomic E-state index is 0.0885. The summed E-state index contributed by atoms with van der Waals surface area (Å²) in [4.78, 5) is 24.1. The third kappa shape index (κ3) is 5.33. The molecule has 0 saturated heterocycles. The largest absolute Gasteiger partial charge is 0.469 e. The highest BCUT2D eigenvalue weighted by Crippen LogP contribution is 2.23. The summed E-state index contributed by atoms with van der Waals surface area (Å²) >= 11 is 0. The molecule has 144 valence electrons. The maximum absolute atomic E-state index is 12.4. The molecular formula is C23H23NO4. The maximum atomic E-state index is 12.4. The minimum Gasteiger partial charge on any atom is -0.469 e. The third-order valence-electron chi connectivity index (χ3n) is 4.45. The fourth-order valence-corrected chi connectivity index (χ4v) is 2.96. The molecule has 0 radical (unpaired) electrons. The van der Waals surface area contributed by atoms with Gasteiger partial charge in [-0.2, -0.15) is 0 Å². The number of benzene rings is 2. The topological polar surface area (TPSA) is 68.5 Å². The molecular weight excluding hydrogens is 354 g/mol. The first-order valence-corrected chi connectivity index (χ1v) is 9.21. The van der Waals surface area contributed by atoms with Crippen LogP contribution in [0.1, 0.15) is 30.2 Å². The van der Waals surface area contributed by atoms with Crippen LogP contribution in [0.3, 0.4) is 0 Å². The molecule has 1 unspecified atom stereocenters. The Labute approximate surface area is 164 Å². The second-order valence-electron chi connectivity index (χ2n) is 6.44. The van der Waals surface area contributed by atoms with E-state index in [0.29, 0.717) is 6.42 Å². The lowest BCUT2D eigenvalue weighted by Gasteiger charge is -2.18. The number of nitrogens with one attached hydrogen (secondary N) is 1. The van der Waals surface area contributed by atoms with Gasteiger partial charge in [0, 0.05) is 18.4 Å². The Morgan fingerprint density at radius 1 is 0.964 bits per heavy atom.